The molecule has 0 aromatic heterocycles. The molecule has 8 nitrogen and oxygen atoms in total. The molecule has 0 bridgehead atoms. The largest absolute Gasteiger partial charge is 0.467 e. The van der Waals surface area contributed by atoms with Crippen LogP contribution in [0.4, 0.5) is 4.79 Å². The third-order valence-electron chi connectivity index (χ3n) is 3.60. The van der Waals surface area contributed by atoms with Crippen molar-refractivity contribution in [2.45, 2.75) is 30.4 Å². The van der Waals surface area contributed by atoms with E-state index < -0.39 is 34.3 Å². The number of esters is 1. The predicted octanol–water partition coefficient (Wildman–Crippen LogP) is 2.44. The zero-order chi connectivity index (χ0) is 19.5. The molecule has 2 rings (SSSR count). The predicted molar refractivity (Wildman–Crippen MR) is 94.6 cm³/mol. The molecule has 1 heterocycles. The number of benzene rings is 1. The van der Waals surface area contributed by atoms with Crippen LogP contribution < -0.4 is 0 Å². The van der Waals surface area contributed by atoms with Gasteiger partial charge in [-0.05, 0) is 31.2 Å². The fourth-order valence-corrected chi connectivity index (χ4v) is 3.81. The summed E-state index contributed by atoms with van der Waals surface area (Å²) in [5, 5.41) is 0. The van der Waals surface area contributed by atoms with Crippen LogP contribution in [0.15, 0.2) is 46.0 Å². The van der Waals surface area contributed by atoms with E-state index in [1.54, 1.807) is 12.1 Å². The molecule has 1 fully saturated rings. The minimum Gasteiger partial charge on any atom is -0.467 e. The zero-order valence-corrected chi connectivity index (χ0v) is 16.6. The van der Waals surface area contributed by atoms with Crippen molar-refractivity contribution in [3.8, 4) is 0 Å². The van der Waals surface area contributed by atoms with Gasteiger partial charge in [-0.15, -0.1) is 0 Å². The van der Waals surface area contributed by atoms with Gasteiger partial charge < -0.3 is 9.47 Å². The minimum absolute atomic E-state index is 0.0294. The molecule has 1 aromatic rings. The molecule has 1 aliphatic rings. The molecule has 0 aliphatic carbocycles. The van der Waals surface area contributed by atoms with E-state index in [0.29, 0.717) is 0 Å². The van der Waals surface area contributed by atoms with E-state index in [9.17, 15) is 18.0 Å². The Bertz CT molecular complexity index is 806. The van der Waals surface area contributed by atoms with E-state index in [0.717, 1.165) is 9.37 Å². The molecule has 1 aliphatic heterocycles. The molecule has 142 valence electrons. The molecule has 2 atom stereocenters. The first-order valence-electron chi connectivity index (χ1n) is 7.54. The highest BCUT2D eigenvalue weighted by molar-refractivity contribution is 9.10. The van der Waals surface area contributed by atoms with Crippen LogP contribution in [0.25, 0.3) is 0 Å². The van der Waals surface area contributed by atoms with Gasteiger partial charge in [-0.2, -0.15) is 8.42 Å². The van der Waals surface area contributed by atoms with Crippen LogP contribution in [0.3, 0.4) is 0 Å². The third kappa shape index (κ3) is 4.83. The highest BCUT2D eigenvalue weighted by Crippen LogP contribution is 2.26. The van der Waals surface area contributed by atoms with Gasteiger partial charge in [0, 0.05) is 10.9 Å². The van der Waals surface area contributed by atoms with Crippen molar-refractivity contribution in [3.63, 3.8) is 0 Å². The summed E-state index contributed by atoms with van der Waals surface area (Å²) in [5.74, 6) is -0.540. The smallest absolute Gasteiger partial charge is 0.415 e. The van der Waals surface area contributed by atoms with Crippen LogP contribution in [0, 0.1) is 0 Å². The van der Waals surface area contributed by atoms with E-state index in [1.807, 2.05) is 0 Å². The van der Waals surface area contributed by atoms with E-state index in [1.165, 1.54) is 26.2 Å². The Labute approximate surface area is 160 Å². The van der Waals surface area contributed by atoms with Gasteiger partial charge >= 0.3 is 12.1 Å². The second-order valence-electron chi connectivity index (χ2n) is 5.62. The Balaban J connectivity index is 2.17. The van der Waals surface area contributed by atoms with Crippen molar-refractivity contribution >= 4 is 38.1 Å². The summed E-state index contributed by atoms with van der Waals surface area (Å²) in [7, 11) is -2.88. The van der Waals surface area contributed by atoms with Crippen molar-refractivity contribution in [2.24, 2.45) is 0 Å². The molecule has 26 heavy (non-hydrogen) atoms. The number of ether oxygens (including phenoxy) is 2. The number of halogens is 1. The molecule has 0 N–H and O–H groups in total. The van der Waals surface area contributed by atoms with Crippen LogP contribution in [-0.4, -0.2) is 51.2 Å². The Morgan fingerprint density at radius 2 is 1.88 bits per heavy atom. The molecular formula is C16H18BrNO7S. The van der Waals surface area contributed by atoms with Gasteiger partial charge in [-0.25, -0.2) is 9.59 Å². The molecule has 0 saturated carbocycles. The fourth-order valence-electron chi connectivity index (χ4n) is 2.47. The highest BCUT2D eigenvalue weighted by Gasteiger charge is 2.43. The number of likely N-dealkylation sites (tertiary alicyclic amines) is 1. The Morgan fingerprint density at radius 3 is 2.42 bits per heavy atom. The van der Waals surface area contributed by atoms with Crippen molar-refractivity contribution in [1.29, 1.82) is 0 Å². The van der Waals surface area contributed by atoms with Crippen molar-refractivity contribution in [2.75, 3.05) is 13.7 Å². The number of carbonyl (C=O) groups is 2. The molecule has 0 radical (unpaired) electrons. The lowest BCUT2D eigenvalue weighted by Crippen LogP contribution is -2.41. The zero-order valence-electron chi connectivity index (χ0n) is 14.2. The van der Waals surface area contributed by atoms with Crippen LogP contribution in [0.5, 0.6) is 0 Å². The molecule has 0 unspecified atom stereocenters. The van der Waals surface area contributed by atoms with Gasteiger partial charge in [0.2, 0.25) is 0 Å². The van der Waals surface area contributed by atoms with Crippen molar-refractivity contribution in [3.05, 3.63) is 41.1 Å². The normalized spacial score (nSPS) is 19.9. The summed E-state index contributed by atoms with van der Waals surface area (Å²) in [4.78, 5) is 25.1. The van der Waals surface area contributed by atoms with Crippen LogP contribution >= 0.6 is 15.9 Å². The topological polar surface area (TPSA) is 99.2 Å². The summed E-state index contributed by atoms with van der Waals surface area (Å²) in [6.45, 7) is 4.81. The first-order valence-corrected chi connectivity index (χ1v) is 9.75. The van der Waals surface area contributed by atoms with Crippen molar-refractivity contribution < 1.29 is 31.7 Å². The maximum Gasteiger partial charge on any atom is 0.415 e. The number of amides is 1. The first kappa shape index (κ1) is 20.4. The minimum atomic E-state index is -4.06. The van der Waals surface area contributed by atoms with Gasteiger partial charge in [-0.3, -0.25) is 9.08 Å². The van der Waals surface area contributed by atoms with Crippen molar-refractivity contribution in [1.82, 2.24) is 4.90 Å². The standard InChI is InChI=1S/C16H18BrNO7S/c1-10(2)24-16(20)18-9-12(8-14(18)15(19)23-3)25-26(21,22)13-6-4-11(17)5-7-13/h4-7,12,14H,1,8-9H2,2-3H3/t12-,14-/m0/s1. The monoisotopic (exact) mass is 447 g/mol. The quantitative estimate of drug-likeness (QED) is 0.388. The lowest BCUT2D eigenvalue weighted by atomic mass is 10.2. The van der Waals surface area contributed by atoms with E-state index >= 15 is 0 Å². The summed E-state index contributed by atoms with van der Waals surface area (Å²) in [5.41, 5.74) is 0. The summed E-state index contributed by atoms with van der Waals surface area (Å²) < 4.78 is 40.3. The number of rotatable bonds is 5. The number of nitrogens with zero attached hydrogens (tertiary/aromatic N) is 1. The average Bonchev–Trinajstić information content (AvgIpc) is 2.97. The SMILES string of the molecule is C=C(C)OC(=O)N1C[C@@H](OS(=O)(=O)c2ccc(Br)cc2)C[C@H]1C(=O)OC. The lowest BCUT2D eigenvalue weighted by Gasteiger charge is -2.21. The molecular weight excluding hydrogens is 430 g/mol. The number of carbonyl (C=O) groups excluding carboxylic acids is 2. The fraction of sp³-hybridized carbons (Fsp3) is 0.375. The first-order chi connectivity index (χ1) is 12.1. The summed E-state index contributed by atoms with van der Waals surface area (Å²) in [6.07, 6.45) is -1.77. The maximum atomic E-state index is 12.4. The molecule has 10 heteroatoms. The highest BCUT2D eigenvalue weighted by atomic mass is 79.9. The van der Waals surface area contributed by atoms with E-state index in [4.69, 9.17) is 8.92 Å². The average molecular weight is 448 g/mol. The molecule has 1 amide bonds. The molecule has 1 saturated heterocycles. The van der Waals surface area contributed by atoms with Gasteiger partial charge in [0.05, 0.1) is 30.4 Å². The van der Waals surface area contributed by atoms with Crippen LogP contribution in [0.1, 0.15) is 13.3 Å². The third-order valence-corrected chi connectivity index (χ3v) is 5.50. The van der Waals surface area contributed by atoms with Gasteiger partial charge in [0.15, 0.2) is 0 Å². The van der Waals surface area contributed by atoms with Crippen LogP contribution in [0.2, 0.25) is 0 Å². The van der Waals surface area contributed by atoms with E-state index in [2.05, 4.69) is 27.2 Å². The van der Waals surface area contributed by atoms with E-state index in [-0.39, 0.29) is 23.6 Å². The molecule has 0 spiro atoms. The summed E-state index contributed by atoms with van der Waals surface area (Å²) in [6, 6.07) is 4.91. The Kier molecular flexibility index (Phi) is 6.43. The van der Waals surface area contributed by atoms with Gasteiger partial charge in [0.25, 0.3) is 10.1 Å². The van der Waals surface area contributed by atoms with Gasteiger partial charge in [-0.1, -0.05) is 22.5 Å². The molecule has 1 aromatic carbocycles. The Hall–Kier alpha value is -1.91. The van der Waals surface area contributed by atoms with Crippen LogP contribution in [-0.2, 0) is 28.6 Å². The number of methoxy groups -OCH3 is 1. The summed E-state index contributed by atoms with van der Waals surface area (Å²) >= 11 is 3.22. The lowest BCUT2D eigenvalue weighted by molar-refractivity contribution is -0.145. The second kappa shape index (κ2) is 8.19. The number of hydrogen-bond donors (Lipinski definition) is 0. The number of allylic oxidation sites excluding steroid dienone is 1. The maximum absolute atomic E-state index is 12.4. The Morgan fingerprint density at radius 1 is 1.27 bits per heavy atom. The number of hydrogen-bond acceptors (Lipinski definition) is 7. The van der Waals surface area contributed by atoms with Gasteiger partial charge in [0.1, 0.15) is 6.04 Å². The second-order valence-corrected chi connectivity index (χ2v) is 8.11.